The summed E-state index contributed by atoms with van der Waals surface area (Å²) >= 11 is 1.76. The highest BCUT2D eigenvalue weighted by atomic mass is 32.2. The Kier molecular flexibility index (Phi) is 3.24. The quantitative estimate of drug-likeness (QED) is 0.603. The molecule has 0 nitrogen and oxygen atoms in total. The van der Waals surface area contributed by atoms with E-state index in [1.807, 2.05) is 6.08 Å². The van der Waals surface area contributed by atoms with Gasteiger partial charge in [-0.25, -0.2) is 0 Å². The van der Waals surface area contributed by atoms with Crippen LogP contribution in [0, 0.1) is 6.92 Å². The lowest BCUT2D eigenvalue weighted by Gasteiger charge is -1.95. The zero-order valence-corrected chi connectivity index (χ0v) is 7.40. The van der Waals surface area contributed by atoms with E-state index in [9.17, 15) is 0 Å². The lowest BCUT2D eigenvalue weighted by Crippen LogP contribution is -1.71. The molecule has 57 valence electrons. The molecule has 0 fully saturated rings. The second-order valence-electron chi connectivity index (χ2n) is 2.18. The summed E-state index contributed by atoms with van der Waals surface area (Å²) in [7, 11) is 0. The Hall–Kier alpha value is -0.690. The molecule has 0 amide bonds. The average Bonchev–Trinajstić information content (AvgIpc) is 2.07. The fourth-order valence-corrected chi connectivity index (χ4v) is 1.26. The van der Waals surface area contributed by atoms with Crippen molar-refractivity contribution in [3.63, 3.8) is 0 Å². The lowest BCUT2D eigenvalue weighted by molar-refractivity contribution is 1.45. The minimum atomic E-state index is 1.21. The third-order valence-corrected chi connectivity index (χ3v) is 2.17. The molecule has 0 bridgehead atoms. The van der Waals surface area contributed by atoms with Crippen molar-refractivity contribution in [2.24, 2.45) is 0 Å². The number of rotatable bonds is 2. The van der Waals surface area contributed by atoms with Gasteiger partial charge in [0, 0.05) is 4.90 Å². The van der Waals surface area contributed by atoms with E-state index in [1.165, 1.54) is 10.5 Å². The molecule has 0 aliphatic rings. The second kappa shape index (κ2) is 4.24. The second-order valence-corrected chi connectivity index (χ2v) is 3.06. The fourth-order valence-electron chi connectivity index (χ4n) is 0.851. The van der Waals surface area contributed by atoms with Crippen molar-refractivity contribution in [1.29, 1.82) is 0 Å². The normalized spacial score (nSPS) is 10.7. The van der Waals surface area contributed by atoms with Crippen LogP contribution in [0.4, 0.5) is 0 Å². The number of hydrogen-bond donors (Lipinski definition) is 0. The number of allylic oxidation sites excluding steroid dienone is 1. The van der Waals surface area contributed by atoms with E-state index >= 15 is 0 Å². The molecule has 0 spiro atoms. The molecule has 0 aliphatic heterocycles. The molecule has 0 aliphatic carbocycles. The van der Waals surface area contributed by atoms with Gasteiger partial charge < -0.3 is 0 Å². The van der Waals surface area contributed by atoms with Crippen molar-refractivity contribution >= 4 is 17.8 Å². The van der Waals surface area contributed by atoms with Crippen molar-refractivity contribution < 1.29 is 0 Å². The highest BCUT2D eigenvalue weighted by Crippen LogP contribution is 2.15. The number of thioether (sulfide) groups is 1. The molecule has 0 heterocycles. The minimum absolute atomic E-state index is 1.21. The molecule has 1 heteroatoms. The van der Waals surface area contributed by atoms with E-state index in [0.717, 1.165) is 0 Å². The maximum atomic E-state index is 3.64. The summed E-state index contributed by atoms with van der Waals surface area (Å²) in [6, 6.07) is 8.40. The summed E-state index contributed by atoms with van der Waals surface area (Å²) in [4.78, 5) is 1.30. The van der Waals surface area contributed by atoms with Gasteiger partial charge in [-0.05, 0) is 30.9 Å². The van der Waals surface area contributed by atoms with Gasteiger partial charge in [0.2, 0.25) is 0 Å². The van der Waals surface area contributed by atoms with Crippen LogP contribution >= 0.6 is 11.8 Å². The van der Waals surface area contributed by atoms with Crippen LogP contribution in [0.3, 0.4) is 0 Å². The Morgan fingerprint density at radius 2 is 1.91 bits per heavy atom. The highest BCUT2D eigenvalue weighted by Gasteiger charge is 1.87. The molecule has 0 N–H and O–H groups in total. The minimum Gasteiger partial charge on any atom is -0.130 e. The van der Waals surface area contributed by atoms with E-state index < -0.39 is 0 Å². The van der Waals surface area contributed by atoms with Crippen molar-refractivity contribution in [2.45, 2.75) is 4.90 Å². The predicted molar refractivity (Wildman–Crippen MR) is 52.6 cm³/mol. The molecule has 1 radical (unpaired) electrons. The third-order valence-electron chi connectivity index (χ3n) is 1.43. The summed E-state index contributed by atoms with van der Waals surface area (Å²) in [6.07, 6.45) is 5.87. The summed E-state index contributed by atoms with van der Waals surface area (Å²) in [6.45, 7) is 3.64. The van der Waals surface area contributed by atoms with Crippen molar-refractivity contribution in [2.75, 3.05) is 6.26 Å². The summed E-state index contributed by atoms with van der Waals surface area (Å²) < 4.78 is 0. The van der Waals surface area contributed by atoms with E-state index in [4.69, 9.17) is 0 Å². The maximum Gasteiger partial charge on any atom is 0.00695 e. The Bertz CT molecular complexity index is 234. The van der Waals surface area contributed by atoms with E-state index in [2.05, 4.69) is 37.4 Å². The van der Waals surface area contributed by atoms with Gasteiger partial charge in [-0.15, -0.1) is 11.8 Å². The van der Waals surface area contributed by atoms with Crippen molar-refractivity contribution in [3.8, 4) is 0 Å². The SMILES string of the molecule is [CH2]C=Cc1ccc(SC)cc1. The summed E-state index contributed by atoms with van der Waals surface area (Å²) in [5.41, 5.74) is 1.21. The van der Waals surface area contributed by atoms with Crippen molar-refractivity contribution in [1.82, 2.24) is 0 Å². The van der Waals surface area contributed by atoms with Gasteiger partial charge in [-0.1, -0.05) is 24.3 Å². The largest absolute Gasteiger partial charge is 0.130 e. The van der Waals surface area contributed by atoms with Gasteiger partial charge in [0.15, 0.2) is 0 Å². The van der Waals surface area contributed by atoms with Gasteiger partial charge in [0.25, 0.3) is 0 Å². The molecule has 0 aromatic heterocycles. The topological polar surface area (TPSA) is 0 Å². The predicted octanol–water partition coefficient (Wildman–Crippen LogP) is 3.26. The highest BCUT2D eigenvalue weighted by molar-refractivity contribution is 7.98. The summed E-state index contributed by atoms with van der Waals surface area (Å²) in [5.74, 6) is 0. The number of benzene rings is 1. The van der Waals surface area contributed by atoms with Crippen LogP contribution in [0.1, 0.15) is 5.56 Å². The lowest BCUT2D eigenvalue weighted by atomic mass is 10.2. The fraction of sp³-hybridized carbons (Fsp3) is 0.100. The van der Waals surface area contributed by atoms with E-state index in [-0.39, 0.29) is 0 Å². The first-order valence-electron chi connectivity index (χ1n) is 3.46. The Morgan fingerprint density at radius 1 is 1.27 bits per heavy atom. The molecule has 11 heavy (non-hydrogen) atoms. The first-order chi connectivity index (χ1) is 5.36. The zero-order valence-electron chi connectivity index (χ0n) is 6.58. The molecule has 0 saturated heterocycles. The first-order valence-corrected chi connectivity index (χ1v) is 4.69. The van der Waals surface area contributed by atoms with Crippen LogP contribution in [0.25, 0.3) is 6.08 Å². The molecule has 0 saturated carbocycles. The van der Waals surface area contributed by atoms with Gasteiger partial charge in [-0.2, -0.15) is 0 Å². The monoisotopic (exact) mass is 163 g/mol. The van der Waals surface area contributed by atoms with Crippen LogP contribution in [-0.2, 0) is 0 Å². The van der Waals surface area contributed by atoms with E-state index in [0.29, 0.717) is 0 Å². The van der Waals surface area contributed by atoms with Crippen LogP contribution in [0.5, 0.6) is 0 Å². The Labute approximate surface area is 72.3 Å². The molecule has 1 rings (SSSR count). The molecular formula is C10H11S. The van der Waals surface area contributed by atoms with Crippen LogP contribution in [0.15, 0.2) is 35.2 Å². The van der Waals surface area contributed by atoms with Gasteiger partial charge in [0.05, 0.1) is 0 Å². The summed E-state index contributed by atoms with van der Waals surface area (Å²) in [5, 5.41) is 0. The Morgan fingerprint density at radius 3 is 2.36 bits per heavy atom. The molecular weight excluding hydrogens is 152 g/mol. The van der Waals surface area contributed by atoms with Crippen LogP contribution < -0.4 is 0 Å². The average molecular weight is 163 g/mol. The molecule has 1 aromatic rings. The third kappa shape index (κ3) is 2.43. The van der Waals surface area contributed by atoms with Crippen LogP contribution in [-0.4, -0.2) is 6.26 Å². The van der Waals surface area contributed by atoms with Crippen LogP contribution in [0.2, 0.25) is 0 Å². The molecule has 1 aromatic carbocycles. The van der Waals surface area contributed by atoms with Gasteiger partial charge in [0.1, 0.15) is 0 Å². The van der Waals surface area contributed by atoms with E-state index in [1.54, 1.807) is 17.8 Å². The zero-order chi connectivity index (χ0) is 8.10. The first kappa shape index (κ1) is 8.41. The Balaban J connectivity index is 2.82. The maximum absolute atomic E-state index is 3.64. The molecule has 0 atom stereocenters. The van der Waals surface area contributed by atoms with Gasteiger partial charge >= 0.3 is 0 Å². The van der Waals surface area contributed by atoms with Crippen molar-refractivity contribution in [3.05, 3.63) is 42.8 Å². The smallest absolute Gasteiger partial charge is 0.00695 e. The molecule has 0 unspecified atom stereocenters. The standard InChI is InChI=1S/C10H11S/c1-3-4-9-5-7-10(11-2)8-6-9/h3-8H,1H2,2H3. The number of hydrogen-bond acceptors (Lipinski definition) is 1. The van der Waals surface area contributed by atoms with Gasteiger partial charge in [-0.3, -0.25) is 0 Å².